The van der Waals surface area contributed by atoms with Crippen LogP contribution < -0.4 is 10.5 Å². The molecule has 1 heterocycles. The van der Waals surface area contributed by atoms with E-state index >= 15 is 0 Å². The summed E-state index contributed by atoms with van der Waals surface area (Å²) < 4.78 is 23.5. The number of anilines is 1. The lowest BCUT2D eigenvalue weighted by Gasteiger charge is -2.13. The maximum absolute atomic E-state index is 13.4. The Bertz CT molecular complexity index is 544. The number of pyridine rings is 1. The smallest absolute Gasteiger partial charge is 0.344 e. The van der Waals surface area contributed by atoms with E-state index < -0.39 is 18.5 Å². The van der Waals surface area contributed by atoms with Crippen molar-refractivity contribution < 1.29 is 18.7 Å². The third-order valence-electron chi connectivity index (χ3n) is 3.20. The normalized spacial score (nSPS) is 12.0. The molecule has 0 aliphatic heterocycles. The maximum Gasteiger partial charge on any atom is 0.344 e. The summed E-state index contributed by atoms with van der Waals surface area (Å²) in [5.41, 5.74) is 5.32. The van der Waals surface area contributed by atoms with Gasteiger partial charge in [0.2, 0.25) is 11.8 Å². The molecule has 0 aliphatic carbocycles. The van der Waals surface area contributed by atoms with E-state index in [0.717, 1.165) is 25.7 Å². The van der Waals surface area contributed by atoms with E-state index in [1.807, 2.05) is 6.92 Å². The molecule has 130 valence electrons. The average molecular weight is 367 g/mol. The number of ether oxygens (including phenoxy) is 2. The third kappa shape index (κ3) is 6.39. The van der Waals surface area contributed by atoms with Gasteiger partial charge in [-0.1, -0.05) is 56.3 Å². The average Bonchev–Trinajstić information content (AvgIpc) is 2.53. The van der Waals surface area contributed by atoms with E-state index in [4.69, 9.17) is 38.4 Å². The fraction of sp³-hybridized carbons (Fsp3) is 0.600. The Balaban J connectivity index is 2.42. The first-order valence-corrected chi connectivity index (χ1v) is 8.20. The van der Waals surface area contributed by atoms with Crippen LogP contribution in [-0.2, 0) is 9.53 Å². The van der Waals surface area contributed by atoms with Gasteiger partial charge in [0, 0.05) is 0 Å². The summed E-state index contributed by atoms with van der Waals surface area (Å²) in [6, 6.07) is 0. The van der Waals surface area contributed by atoms with Crippen molar-refractivity contribution in [1.82, 2.24) is 4.98 Å². The molecule has 0 bridgehead atoms. The Kier molecular flexibility index (Phi) is 8.41. The van der Waals surface area contributed by atoms with Gasteiger partial charge in [0.25, 0.3) is 0 Å². The van der Waals surface area contributed by atoms with Crippen molar-refractivity contribution in [3.63, 3.8) is 0 Å². The van der Waals surface area contributed by atoms with Gasteiger partial charge in [0.1, 0.15) is 10.0 Å². The van der Waals surface area contributed by atoms with Gasteiger partial charge in [-0.3, -0.25) is 0 Å². The van der Waals surface area contributed by atoms with Crippen LogP contribution in [0.4, 0.5) is 10.1 Å². The van der Waals surface area contributed by atoms with Gasteiger partial charge in [-0.25, -0.2) is 4.79 Å². The summed E-state index contributed by atoms with van der Waals surface area (Å²) in [4.78, 5) is 15.0. The zero-order valence-corrected chi connectivity index (χ0v) is 14.7. The highest BCUT2D eigenvalue weighted by Crippen LogP contribution is 2.35. The highest BCUT2D eigenvalue weighted by atomic mass is 35.5. The number of nitrogens with two attached hydrogens (primary N) is 1. The van der Waals surface area contributed by atoms with E-state index in [0.29, 0.717) is 6.61 Å². The minimum atomic E-state index is -1.01. The van der Waals surface area contributed by atoms with Crippen molar-refractivity contribution >= 4 is 34.9 Å². The van der Waals surface area contributed by atoms with Crippen LogP contribution >= 0.6 is 23.2 Å². The Morgan fingerprint density at radius 1 is 1.35 bits per heavy atom. The summed E-state index contributed by atoms with van der Waals surface area (Å²) in [5.74, 6) is -1.62. The molecular formula is C15H21Cl2FN2O3. The van der Waals surface area contributed by atoms with Crippen LogP contribution in [-0.4, -0.2) is 24.2 Å². The number of nitrogen functional groups attached to an aromatic ring is 1. The molecule has 8 heteroatoms. The molecule has 0 saturated heterocycles. The van der Waals surface area contributed by atoms with Crippen molar-refractivity contribution in [3.05, 3.63) is 16.0 Å². The second kappa shape index (κ2) is 9.78. The maximum atomic E-state index is 13.4. The first-order chi connectivity index (χ1) is 10.9. The highest BCUT2D eigenvalue weighted by Gasteiger charge is 2.17. The molecule has 1 aromatic rings. The van der Waals surface area contributed by atoms with Crippen LogP contribution in [0.15, 0.2) is 0 Å². The number of esters is 1. The van der Waals surface area contributed by atoms with Crippen molar-refractivity contribution in [3.8, 4) is 5.88 Å². The lowest BCUT2D eigenvalue weighted by Crippen LogP contribution is -2.19. The van der Waals surface area contributed by atoms with Gasteiger partial charge >= 0.3 is 5.97 Å². The first-order valence-electron chi connectivity index (χ1n) is 7.45. The SMILES string of the molecule is CCCCCC(C)COC(=O)COc1nc(F)c(Cl)c(N)c1Cl. The number of carbonyl (C=O) groups is 1. The number of aromatic nitrogens is 1. The predicted molar refractivity (Wildman–Crippen MR) is 88.4 cm³/mol. The number of hydrogen-bond donors (Lipinski definition) is 1. The van der Waals surface area contributed by atoms with Crippen LogP contribution in [0, 0.1) is 11.9 Å². The van der Waals surface area contributed by atoms with Gasteiger partial charge in [0.15, 0.2) is 6.61 Å². The summed E-state index contributed by atoms with van der Waals surface area (Å²) >= 11 is 11.4. The molecule has 5 nitrogen and oxygen atoms in total. The minimum Gasteiger partial charge on any atom is -0.464 e. The topological polar surface area (TPSA) is 74.4 Å². The predicted octanol–water partition coefficient (Wildman–Crippen LogP) is 4.25. The molecule has 1 unspecified atom stereocenters. The van der Waals surface area contributed by atoms with E-state index in [-0.39, 0.29) is 27.5 Å². The first kappa shape index (κ1) is 19.8. The quantitative estimate of drug-likeness (QED) is 0.401. The molecule has 0 radical (unpaired) electrons. The molecule has 0 saturated carbocycles. The fourth-order valence-electron chi connectivity index (χ4n) is 1.84. The summed E-state index contributed by atoms with van der Waals surface area (Å²) in [7, 11) is 0. The summed E-state index contributed by atoms with van der Waals surface area (Å²) in [6.45, 7) is 4.02. The number of carbonyl (C=O) groups excluding carboxylic acids is 1. The number of halogens is 3. The molecule has 2 N–H and O–H groups in total. The molecule has 0 amide bonds. The van der Waals surface area contributed by atoms with Crippen LogP contribution in [0.2, 0.25) is 10.0 Å². The Morgan fingerprint density at radius 2 is 2.04 bits per heavy atom. The number of unbranched alkanes of at least 4 members (excludes halogenated alkanes) is 2. The second-order valence-corrected chi connectivity index (χ2v) is 6.08. The molecule has 0 spiro atoms. The zero-order valence-electron chi connectivity index (χ0n) is 13.2. The lowest BCUT2D eigenvalue weighted by molar-refractivity contribution is -0.147. The zero-order chi connectivity index (χ0) is 17.4. The fourth-order valence-corrected chi connectivity index (χ4v) is 2.21. The number of hydrogen-bond acceptors (Lipinski definition) is 5. The largest absolute Gasteiger partial charge is 0.464 e. The van der Waals surface area contributed by atoms with Gasteiger partial charge < -0.3 is 15.2 Å². The van der Waals surface area contributed by atoms with Gasteiger partial charge in [-0.2, -0.15) is 9.37 Å². The van der Waals surface area contributed by atoms with Crippen LogP contribution in [0.3, 0.4) is 0 Å². The van der Waals surface area contributed by atoms with Crippen LogP contribution in [0.5, 0.6) is 5.88 Å². The van der Waals surface area contributed by atoms with E-state index in [1.54, 1.807) is 0 Å². The molecule has 1 rings (SSSR count). The molecule has 1 aromatic heterocycles. The van der Waals surface area contributed by atoms with Crippen LogP contribution in [0.25, 0.3) is 0 Å². The monoisotopic (exact) mass is 366 g/mol. The Hall–Kier alpha value is -1.27. The third-order valence-corrected chi connectivity index (χ3v) is 3.92. The standard InChI is InChI=1S/C15H21Cl2FN2O3/c1-3-4-5-6-9(2)7-22-10(21)8-23-15-12(17)13(19)11(16)14(18)20-15/h9H,3-8H2,1-2H3,(H2,19,20). The minimum absolute atomic E-state index is 0.142. The van der Waals surface area contributed by atoms with Gasteiger partial charge in [-0.15, -0.1) is 0 Å². The molecule has 23 heavy (non-hydrogen) atoms. The van der Waals surface area contributed by atoms with Crippen LogP contribution in [0.1, 0.15) is 39.5 Å². The summed E-state index contributed by atoms with van der Waals surface area (Å²) in [5, 5.41) is -0.525. The molecular weight excluding hydrogens is 346 g/mol. The van der Waals surface area contributed by atoms with Crippen molar-refractivity contribution in [2.75, 3.05) is 18.9 Å². The van der Waals surface area contributed by atoms with Crippen molar-refractivity contribution in [2.45, 2.75) is 39.5 Å². The van der Waals surface area contributed by atoms with Gasteiger partial charge in [-0.05, 0) is 12.3 Å². The van der Waals surface area contributed by atoms with E-state index in [2.05, 4.69) is 11.9 Å². The van der Waals surface area contributed by atoms with E-state index in [9.17, 15) is 9.18 Å². The number of nitrogens with zero attached hydrogens (tertiary/aromatic N) is 1. The Labute approximate surface area is 145 Å². The lowest BCUT2D eigenvalue weighted by atomic mass is 10.0. The highest BCUT2D eigenvalue weighted by molar-refractivity contribution is 6.39. The van der Waals surface area contributed by atoms with Gasteiger partial charge in [0.05, 0.1) is 12.3 Å². The number of rotatable bonds is 9. The summed E-state index contributed by atoms with van der Waals surface area (Å²) in [6.07, 6.45) is 4.41. The van der Waals surface area contributed by atoms with E-state index in [1.165, 1.54) is 0 Å². The Morgan fingerprint density at radius 3 is 2.70 bits per heavy atom. The molecule has 1 atom stereocenters. The molecule has 0 fully saturated rings. The second-order valence-electron chi connectivity index (χ2n) is 5.32. The molecule has 0 aromatic carbocycles. The van der Waals surface area contributed by atoms with Crippen molar-refractivity contribution in [1.29, 1.82) is 0 Å². The molecule has 0 aliphatic rings. The van der Waals surface area contributed by atoms with Crippen molar-refractivity contribution in [2.24, 2.45) is 5.92 Å².